The third-order valence-corrected chi connectivity index (χ3v) is 1.70. The van der Waals surface area contributed by atoms with E-state index in [9.17, 15) is 4.79 Å². The van der Waals surface area contributed by atoms with E-state index in [1.807, 2.05) is 13.8 Å². The van der Waals surface area contributed by atoms with Crippen molar-refractivity contribution in [1.29, 1.82) is 0 Å². The van der Waals surface area contributed by atoms with Crippen LogP contribution in [0.2, 0.25) is 0 Å². The smallest absolute Gasteiger partial charge is 0.356 e. The van der Waals surface area contributed by atoms with Crippen molar-refractivity contribution in [2.45, 2.75) is 27.2 Å². The Bertz CT molecular complexity index is 264. The lowest BCUT2D eigenvalue weighted by atomic mass is 10.2. The van der Waals surface area contributed by atoms with Gasteiger partial charge in [0.05, 0.1) is 6.61 Å². The molecule has 1 rings (SSSR count). The summed E-state index contributed by atoms with van der Waals surface area (Å²) in [6.07, 6.45) is 0.800. The molecule has 0 aromatic heterocycles. The molecule has 0 aliphatic carbocycles. The third-order valence-electron chi connectivity index (χ3n) is 1.70. The van der Waals surface area contributed by atoms with E-state index in [0.717, 1.165) is 17.7 Å². The quantitative estimate of drug-likeness (QED) is 0.587. The first-order valence-electron chi connectivity index (χ1n) is 4.06. The fourth-order valence-electron chi connectivity index (χ4n) is 1.21. The van der Waals surface area contributed by atoms with Gasteiger partial charge in [-0.15, -0.1) is 0 Å². The maximum atomic E-state index is 11.2. The predicted molar refractivity (Wildman–Crippen MR) is 47.1 cm³/mol. The van der Waals surface area contributed by atoms with Crippen molar-refractivity contribution < 1.29 is 9.53 Å². The summed E-state index contributed by atoms with van der Waals surface area (Å²) in [5, 5.41) is 0. The molecular formula is C9H13NO2. The Balaban J connectivity index is 2.74. The molecule has 0 fully saturated rings. The standard InChI is InChI=1S/C9H13NO2/c1-4-12-9(11)8-6(2)5-7(3)10-8/h4-5H2,1-3H3. The normalized spacial score (nSPS) is 16.4. The Kier molecular flexibility index (Phi) is 2.63. The monoisotopic (exact) mass is 167 g/mol. The molecule has 1 heterocycles. The second-order valence-electron chi connectivity index (χ2n) is 2.87. The molecule has 0 atom stereocenters. The lowest BCUT2D eigenvalue weighted by molar-refractivity contribution is -0.138. The summed E-state index contributed by atoms with van der Waals surface area (Å²) in [4.78, 5) is 15.3. The molecule has 0 radical (unpaired) electrons. The fourth-order valence-corrected chi connectivity index (χ4v) is 1.21. The van der Waals surface area contributed by atoms with Crippen LogP contribution >= 0.6 is 0 Å². The van der Waals surface area contributed by atoms with Gasteiger partial charge in [0.1, 0.15) is 5.70 Å². The molecule has 1 aliphatic rings. The number of hydrogen-bond acceptors (Lipinski definition) is 3. The summed E-state index contributed by atoms with van der Waals surface area (Å²) in [7, 11) is 0. The lowest BCUT2D eigenvalue weighted by Crippen LogP contribution is -2.06. The van der Waals surface area contributed by atoms with Crippen molar-refractivity contribution in [3.05, 3.63) is 11.3 Å². The molecule has 0 bridgehead atoms. The number of carbonyl (C=O) groups excluding carboxylic acids is 1. The first kappa shape index (κ1) is 8.97. The number of aliphatic imine (C=N–C) groups is 1. The van der Waals surface area contributed by atoms with Crippen molar-refractivity contribution in [3.63, 3.8) is 0 Å². The SMILES string of the molecule is CCOC(=O)C1=C(C)CC(C)=N1. The summed E-state index contributed by atoms with van der Waals surface area (Å²) in [6, 6.07) is 0. The highest BCUT2D eigenvalue weighted by Gasteiger charge is 2.18. The zero-order chi connectivity index (χ0) is 9.14. The van der Waals surface area contributed by atoms with Crippen LogP contribution in [0.4, 0.5) is 0 Å². The summed E-state index contributed by atoms with van der Waals surface area (Å²) in [6.45, 7) is 6.02. The number of ether oxygens (including phenoxy) is 1. The van der Waals surface area contributed by atoms with E-state index in [4.69, 9.17) is 4.74 Å². The minimum atomic E-state index is -0.299. The molecule has 0 N–H and O–H groups in total. The van der Waals surface area contributed by atoms with Crippen LogP contribution < -0.4 is 0 Å². The summed E-state index contributed by atoms with van der Waals surface area (Å²) in [5.41, 5.74) is 2.48. The second kappa shape index (κ2) is 3.52. The predicted octanol–water partition coefficient (Wildman–Crippen LogP) is 1.69. The van der Waals surface area contributed by atoms with Crippen LogP contribution in [0.1, 0.15) is 27.2 Å². The molecular weight excluding hydrogens is 154 g/mol. The van der Waals surface area contributed by atoms with Gasteiger partial charge in [0.15, 0.2) is 0 Å². The van der Waals surface area contributed by atoms with Crippen molar-refractivity contribution in [1.82, 2.24) is 0 Å². The van der Waals surface area contributed by atoms with Crippen molar-refractivity contribution in [3.8, 4) is 0 Å². The van der Waals surface area contributed by atoms with E-state index in [1.54, 1.807) is 6.92 Å². The first-order chi connectivity index (χ1) is 5.65. The Labute approximate surface area is 72.1 Å². The zero-order valence-corrected chi connectivity index (χ0v) is 7.68. The van der Waals surface area contributed by atoms with Gasteiger partial charge in [0, 0.05) is 12.1 Å². The average molecular weight is 167 g/mol. The van der Waals surface area contributed by atoms with Gasteiger partial charge in [-0.1, -0.05) is 0 Å². The average Bonchev–Trinajstić information content (AvgIpc) is 2.30. The topological polar surface area (TPSA) is 38.7 Å². The number of rotatable bonds is 2. The first-order valence-corrected chi connectivity index (χ1v) is 4.06. The van der Waals surface area contributed by atoms with Crippen LogP contribution in [-0.2, 0) is 9.53 Å². The molecule has 0 aromatic rings. The zero-order valence-electron chi connectivity index (χ0n) is 7.68. The molecule has 3 nitrogen and oxygen atoms in total. The molecule has 0 amide bonds. The van der Waals surface area contributed by atoms with E-state index < -0.39 is 0 Å². The molecule has 66 valence electrons. The summed E-state index contributed by atoms with van der Waals surface area (Å²) in [5.74, 6) is -0.299. The van der Waals surface area contributed by atoms with Gasteiger partial charge in [-0.05, 0) is 26.3 Å². The molecule has 3 heteroatoms. The van der Waals surface area contributed by atoms with E-state index >= 15 is 0 Å². The Morgan fingerprint density at radius 3 is 2.67 bits per heavy atom. The molecule has 0 saturated heterocycles. The van der Waals surface area contributed by atoms with Gasteiger partial charge >= 0.3 is 5.97 Å². The van der Waals surface area contributed by atoms with Crippen LogP contribution in [0.3, 0.4) is 0 Å². The van der Waals surface area contributed by atoms with Gasteiger partial charge < -0.3 is 4.74 Å². The Morgan fingerprint density at radius 2 is 2.25 bits per heavy atom. The van der Waals surface area contributed by atoms with Gasteiger partial charge in [0.2, 0.25) is 0 Å². The number of nitrogens with zero attached hydrogens (tertiary/aromatic N) is 1. The molecule has 0 unspecified atom stereocenters. The largest absolute Gasteiger partial charge is 0.461 e. The highest BCUT2D eigenvalue weighted by molar-refractivity contribution is 5.99. The summed E-state index contributed by atoms with van der Waals surface area (Å²) < 4.78 is 4.84. The van der Waals surface area contributed by atoms with E-state index in [0.29, 0.717) is 12.3 Å². The maximum absolute atomic E-state index is 11.2. The number of hydrogen-bond donors (Lipinski definition) is 0. The van der Waals surface area contributed by atoms with E-state index in [2.05, 4.69) is 4.99 Å². The van der Waals surface area contributed by atoms with Gasteiger partial charge in [0.25, 0.3) is 0 Å². The molecule has 0 aromatic carbocycles. The fraction of sp³-hybridized carbons (Fsp3) is 0.556. The van der Waals surface area contributed by atoms with Crippen LogP contribution in [0.15, 0.2) is 16.3 Å². The van der Waals surface area contributed by atoms with Gasteiger partial charge in [-0.2, -0.15) is 0 Å². The highest BCUT2D eigenvalue weighted by atomic mass is 16.5. The third kappa shape index (κ3) is 1.72. The van der Waals surface area contributed by atoms with Crippen molar-refractivity contribution in [2.75, 3.05) is 6.61 Å². The minimum Gasteiger partial charge on any atom is -0.461 e. The van der Waals surface area contributed by atoms with Crippen LogP contribution in [0, 0.1) is 0 Å². The molecule has 0 saturated carbocycles. The van der Waals surface area contributed by atoms with E-state index in [1.165, 1.54) is 0 Å². The van der Waals surface area contributed by atoms with Crippen LogP contribution in [-0.4, -0.2) is 18.3 Å². The van der Waals surface area contributed by atoms with Gasteiger partial charge in [-0.3, -0.25) is 4.99 Å². The summed E-state index contributed by atoms with van der Waals surface area (Å²) >= 11 is 0. The number of allylic oxidation sites excluding steroid dienone is 1. The lowest BCUT2D eigenvalue weighted by Gasteiger charge is -2.00. The Hall–Kier alpha value is -1.12. The Morgan fingerprint density at radius 1 is 1.58 bits per heavy atom. The van der Waals surface area contributed by atoms with Crippen LogP contribution in [0.5, 0.6) is 0 Å². The van der Waals surface area contributed by atoms with Gasteiger partial charge in [-0.25, -0.2) is 4.79 Å². The van der Waals surface area contributed by atoms with Crippen molar-refractivity contribution in [2.24, 2.45) is 4.99 Å². The maximum Gasteiger partial charge on any atom is 0.356 e. The molecule has 12 heavy (non-hydrogen) atoms. The molecule has 0 spiro atoms. The second-order valence-corrected chi connectivity index (χ2v) is 2.87. The number of carbonyl (C=O) groups is 1. The number of esters is 1. The molecule has 1 aliphatic heterocycles. The van der Waals surface area contributed by atoms with E-state index in [-0.39, 0.29) is 5.97 Å². The minimum absolute atomic E-state index is 0.299. The van der Waals surface area contributed by atoms with Crippen LogP contribution in [0.25, 0.3) is 0 Å². The van der Waals surface area contributed by atoms with Crippen molar-refractivity contribution >= 4 is 11.7 Å². The highest BCUT2D eigenvalue weighted by Crippen LogP contribution is 2.19.